The summed E-state index contributed by atoms with van der Waals surface area (Å²) < 4.78 is 46.1. The van der Waals surface area contributed by atoms with Crippen LogP contribution in [0.1, 0.15) is 25.3 Å². The number of allylic oxidation sites excluding steroid dienone is 4. The third-order valence-electron chi connectivity index (χ3n) is 6.74. The number of amides is 3. The number of halogens is 3. The molecule has 9 nitrogen and oxygen atoms in total. The molecule has 1 fully saturated rings. The highest BCUT2D eigenvalue weighted by Gasteiger charge is 2.32. The predicted octanol–water partition coefficient (Wildman–Crippen LogP) is 7.75. The number of thiazole rings is 1. The minimum Gasteiger partial charge on any atom is -0.424 e. The monoisotopic (exact) mass is 632 g/mol. The second-order valence-corrected chi connectivity index (χ2v) is 10.8. The van der Waals surface area contributed by atoms with Crippen LogP contribution >= 0.6 is 11.3 Å². The van der Waals surface area contributed by atoms with E-state index < -0.39 is 17.8 Å². The molecule has 5 rings (SSSR count). The Hall–Kier alpha value is -5.30. The van der Waals surface area contributed by atoms with Crippen LogP contribution < -0.4 is 20.3 Å². The first-order chi connectivity index (χ1) is 21.6. The summed E-state index contributed by atoms with van der Waals surface area (Å²) in [5.74, 6) is 0.554. The molecule has 0 aliphatic carbocycles. The van der Waals surface area contributed by atoms with Gasteiger partial charge in [-0.05, 0) is 60.4 Å². The number of carbonyl (C=O) groups excluding carboxylic acids is 2. The quantitative estimate of drug-likeness (QED) is 0.183. The smallest absolute Gasteiger partial charge is 0.416 e. The molecule has 0 radical (unpaired) electrons. The van der Waals surface area contributed by atoms with E-state index in [0.29, 0.717) is 41.1 Å². The highest BCUT2D eigenvalue weighted by Crippen LogP contribution is 2.34. The molecule has 2 aromatic carbocycles. The predicted molar refractivity (Wildman–Crippen MR) is 167 cm³/mol. The van der Waals surface area contributed by atoms with Crippen LogP contribution in [0, 0.1) is 0 Å². The Balaban J connectivity index is 1.23. The molecule has 4 aromatic rings. The number of nitrogens with one attached hydrogen (secondary N) is 2. The lowest BCUT2D eigenvalue weighted by molar-refractivity contribution is -0.117. The normalized spacial score (nSPS) is 14.2. The molecule has 3 amide bonds. The zero-order valence-electron chi connectivity index (χ0n) is 24.0. The molecule has 1 saturated heterocycles. The molecule has 0 spiro atoms. The van der Waals surface area contributed by atoms with Gasteiger partial charge in [0.25, 0.3) is 0 Å². The van der Waals surface area contributed by atoms with E-state index >= 15 is 0 Å². The summed E-state index contributed by atoms with van der Waals surface area (Å²) in [7, 11) is 0. The fraction of sp³-hybridized carbons (Fsp3) is 0.156. The lowest BCUT2D eigenvalue weighted by atomic mass is 10.0. The van der Waals surface area contributed by atoms with Gasteiger partial charge in [-0.2, -0.15) is 13.2 Å². The molecule has 45 heavy (non-hydrogen) atoms. The maximum atomic E-state index is 13.5. The van der Waals surface area contributed by atoms with Crippen molar-refractivity contribution >= 4 is 39.7 Å². The summed E-state index contributed by atoms with van der Waals surface area (Å²) in [6, 6.07) is 15.1. The van der Waals surface area contributed by atoms with E-state index in [1.54, 1.807) is 60.5 Å². The number of alkyl halides is 3. The Bertz CT molecular complexity index is 1750. The molecular weight excluding hydrogens is 605 g/mol. The summed E-state index contributed by atoms with van der Waals surface area (Å²) in [4.78, 5) is 40.0. The van der Waals surface area contributed by atoms with Crippen molar-refractivity contribution in [3.05, 3.63) is 109 Å². The topological polar surface area (TPSA) is 109 Å². The third-order valence-corrected chi connectivity index (χ3v) is 7.81. The Morgan fingerprint density at radius 3 is 2.38 bits per heavy atom. The van der Waals surface area contributed by atoms with Crippen molar-refractivity contribution in [3.63, 3.8) is 0 Å². The van der Waals surface area contributed by atoms with Gasteiger partial charge < -0.3 is 15.4 Å². The second kappa shape index (κ2) is 13.6. The molecule has 0 unspecified atom stereocenters. The van der Waals surface area contributed by atoms with Crippen LogP contribution in [0.4, 0.5) is 28.8 Å². The standard InChI is InChI=1S/C32H27F3N6O3S/c1-3-23(32(33,34)35)16-26(20(2)21-8-5-4-6-9-21)40-29(43)39-24-17-36-30(37-18-24)44-25-13-11-22(12-14-25)27-19-38-31(45-27)41-15-7-10-28(41)42/h3-6,8-9,11-14,16-19H,1,7,10,15H2,2H3,(H2,39,40,43)/b23-16+,26-20-. The number of carbonyl (C=O) groups is 2. The number of benzene rings is 2. The first-order valence-electron chi connectivity index (χ1n) is 13.7. The van der Waals surface area contributed by atoms with Crippen LogP contribution in [0.2, 0.25) is 0 Å². The van der Waals surface area contributed by atoms with Gasteiger partial charge in [0, 0.05) is 24.9 Å². The minimum absolute atomic E-state index is 0.0190. The SMILES string of the molecule is C=C/C(=C\C(NC(=O)Nc1cnc(Oc2ccc(-c3cnc(N4CCCC4=O)s3)cc2)nc1)=C(/C)c1ccccc1)C(F)(F)F. The first-order valence-corrected chi connectivity index (χ1v) is 14.5. The van der Waals surface area contributed by atoms with E-state index in [2.05, 4.69) is 32.2 Å². The summed E-state index contributed by atoms with van der Waals surface area (Å²) >= 11 is 1.44. The van der Waals surface area contributed by atoms with E-state index in [-0.39, 0.29) is 23.3 Å². The molecule has 1 aliphatic heterocycles. The van der Waals surface area contributed by atoms with Crippen LogP contribution in [0.3, 0.4) is 0 Å². The van der Waals surface area contributed by atoms with Crippen molar-refractivity contribution in [1.29, 1.82) is 0 Å². The average molecular weight is 633 g/mol. The molecule has 13 heteroatoms. The molecule has 2 aromatic heterocycles. The van der Waals surface area contributed by atoms with Gasteiger partial charge >= 0.3 is 18.2 Å². The highest BCUT2D eigenvalue weighted by molar-refractivity contribution is 7.19. The number of ether oxygens (including phenoxy) is 1. The zero-order chi connectivity index (χ0) is 32.0. The number of rotatable bonds is 9. The van der Waals surface area contributed by atoms with Gasteiger partial charge in [-0.1, -0.05) is 54.3 Å². The second-order valence-electron chi connectivity index (χ2n) is 9.82. The van der Waals surface area contributed by atoms with Crippen LogP contribution in [0.25, 0.3) is 16.0 Å². The third kappa shape index (κ3) is 7.81. The van der Waals surface area contributed by atoms with Gasteiger partial charge in [-0.15, -0.1) is 0 Å². The van der Waals surface area contributed by atoms with Crippen LogP contribution in [0.5, 0.6) is 11.8 Å². The Labute approximate surface area is 260 Å². The molecule has 0 bridgehead atoms. The van der Waals surface area contributed by atoms with Crippen LogP contribution in [-0.2, 0) is 4.79 Å². The number of nitrogens with zero attached hydrogens (tertiary/aromatic N) is 4. The van der Waals surface area contributed by atoms with Gasteiger partial charge in [-0.25, -0.2) is 19.7 Å². The van der Waals surface area contributed by atoms with Gasteiger partial charge in [0.05, 0.1) is 28.5 Å². The number of urea groups is 1. The largest absolute Gasteiger partial charge is 0.424 e. The van der Waals surface area contributed by atoms with Gasteiger partial charge in [0.2, 0.25) is 5.91 Å². The van der Waals surface area contributed by atoms with E-state index in [9.17, 15) is 22.8 Å². The van der Waals surface area contributed by atoms with E-state index in [1.165, 1.54) is 23.7 Å². The summed E-state index contributed by atoms with van der Waals surface area (Å²) in [6.45, 7) is 5.53. The van der Waals surface area contributed by atoms with Gasteiger partial charge in [0.1, 0.15) is 5.75 Å². The van der Waals surface area contributed by atoms with Crippen molar-refractivity contribution < 1.29 is 27.5 Å². The Morgan fingerprint density at radius 1 is 1.04 bits per heavy atom. The molecule has 3 heterocycles. The van der Waals surface area contributed by atoms with Gasteiger partial charge in [0.15, 0.2) is 5.13 Å². The zero-order valence-corrected chi connectivity index (χ0v) is 24.8. The van der Waals surface area contributed by atoms with Crippen molar-refractivity contribution in [3.8, 4) is 22.2 Å². The molecule has 230 valence electrons. The maximum absolute atomic E-state index is 13.5. The summed E-state index contributed by atoms with van der Waals surface area (Å²) in [5, 5.41) is 5.69. The number of hydrogen-bond acceptors (Lipinski definition) is 7. The van der Waals surface area contributed by atoms with Crippen molar-refractivity contribution in [1.82, 2.24) is 20.3 Å². The summed E-state index contributed by atoms with van der Waals surface area (Å²) in [5.41, 5.74) is 1.06. The van der Waals surface area contributed by atoms with Crippen molar-refractivity contribution in [2.45, 2.75) is 25.9 Å². The van der Waals surface area contributed by atoms with E-state index in [1.807, 2.05) is 12.1 Å². The Morgan fingerprint density at radius 2 is 1.76 bits per heavy atom. The average Bonchev–Trinajstić information content (AvgIpc) is 3.69. The fourth-order valence-corrected chi connectivity index (χ4v) is 5.34. The van der Waals surface area contributed by atoms with Crippen molar-refractivity contribution in [2.24, 2.45) is 0 Å². The fourth-order valence-electron chi connectivity index (χ4n) is 4.38. The molecular formula is C32H27F3N6O3S. The molecule has 0 saturated carbocycles. The lowest BCUT2D eigenvalue weighted by Gasteiger charge is -2.15. The van der Waals surface area contributed by atoms with Gasteiger partial charge in [-0.3, -0.25) is 9.69 Å². The highest BCUT2D eigenvalue weighted by atomic mass is 32.1. The maximum Gasteiger partial charge on any atom is 0.416 e. The number of anilines is 2. The summed E-state index contributed by atoms with van der Waals surface area (Å²) in [6.07, 6.45) is 2.58. The minimum atomic E-state index is -4.66. The molecule has 2 N–H and O–H groups in total. The van der Waals surface area contributed by atoms with Crippen LogP contribution in [-0.4, -0.2) is 39.6 Å². The molecule has 0 atom stereocenters. The van der Waals surface area contributed by atoms with Crippen molar-refractivity contribution in [2.75, 3.05) is 16.8 Å². The number of aromatic nitrogens is 3. The Kier molecular flexibility index (Phi) is 9.38. The molecule has 1 aliphatic rings. The van der Waals surface area contributed by atoms with E-state index in [4.69, 9.17) is 4.74 Å². The lowest BCUT2D eigenvalue weighted by Crippen LogP contribution is -2.29. The first kappa shape index (κ1) is 31.1. The number of hydrogen-bond donors (Lipinski definition) is 2. The van der Waals surface area contributed by atoms with E-state index in [0.717, 1.165) is 22.9 Å². The van der Waals surface area contributed by atoms with Crippen LogP contribution in [0.15, 0.2) is 103 Å².